The molecule has 0 unspecified atom stereocenters. The minimum Gasteiger partial charge on any atom is -0.378 e. The molecule has 0 saturated carbocycles. The highest BCUT2D eigenvalue weighted by Gasteiger charge is 2.14. The molecule has 3 heterocycles. The number of ether oxygens (including phenoxy) is 1. The first kappa shape index (κ1) is 20.8. The summed E-state index contributed by atoms with van der Waals surface area (Å²) in [6.07, 6.45) is 3.30. The average molecular weight is 422 g/mol. The number of hydrogen-bond donors (Lipinski definition) is 1. The highest BCUT2D eigenvalue weighted by molar-refractivity contribution is 5.94. The van der Waals surface area contributed by atoms with Crippen molar-refractivity contribution in [3.8, 4) is 5.82 Å². The van der Waals surface area contributed by atoms with Crippen LogP contribution in [-0.4, -0.2) is 65.6 Å². The zero-order valence-electron chi connectivity index (χ0n) is 18.1. The van der Waals surface area contributed by atoms with E-state index in [0.717, 1.165) is 49.1 Å². The van der Waals surface area contributed by atoms with E-state index in [1.54, 1.807) is 22.0 Å². The van der Waals surface area contributed by atoms with E-state index >= 15 is 0 Å². The zero-order chi connectivity index (χ0) is 21.8. The molecule has 9 heteroatoms. The topological polar surface area (TPSA) is 88.4 Å². The van der Waals surface area contributed by atoms with Gasteiger partial charge in [0.1, 0.15) is 5.82 Å². The van der Waals surface area contributed by atoms with Crippen molar-refractivity contribution >= 4 is 23.1 Å². The standard InChI is InChI=1S/C22H27N7O2/c1-16-12-17(2)29(26-16)21-14-23-13-20(25-21)27(3)15-22(30)24-18-4-6-19(7-5-18)28-8-10-31-11-9-28/h4-7,12-14H,8-11,15H2,1-3H3,(H,24,30). The number of benzene rings is 1. The Morgan fingerprint density at radius 3 is 2.58 bits per heavy atom. The van der Waals surface area contributed by atoms with Crippen molar-refractivity contribution in [1.82, 2.24) is 19.7 Å². The molecule has 0 bridgehead atoms. The van der Waals surface area contributed by atoms with Gasteiger partial charge in [-0.2, -0.15) is 5.10 Å². The Bertz CT molecular complexity index is 1040. The molecule has 1 saturated heterocycles. The van der Waals surface area contributed by atoms with Gasteiger partial charge in [-0.1, -0.05) is 0 Å². The number of nitrogens with one attached hydrogen (secondary N) is 1. The number of aryl methyl sites for hydroxylation is 2. The molecule has 1 aliphatic rings. The van der Waals surface area contributed by atoms with Crippen LogP contribution in [0.1, 0.15) is 11.4 Å². The van der Waals surface area contributed by atoms with E-state index in [1.807, 2.05) is 51.2 Å². The van der Waals surface area contributed by atoms with Crippen LogP contribution in [-0.2, 0) is 9.53 Å². The monoisotopic (exact) mass is 421 g/mol. The molecule has 0 aliphatic carbocycles. The smallest absolute Gasteiger partial charge is 0.243 e. The second kappa shape index (κ2) is 9.13. The summed E-state index contributed by atoms with van der Waals surface area (Å²) in [6, 6.07) is 9.87. The Morgan fingerprint density at radius 1 is 1.16 bits per heavy atom. The summed E-state index contributed by atoms with van der Waals surface area (Å²) in [5, 5.41) is 7.39. The van der Waals surface area contributed by atoms with Crippen LogP contribution in [0.4, 0.5) is 17.2 Å². The van der Waals surface area contributed by atoms with Gasteiger partial charge in [-0.25, -0.2) is 9.67 Å². The third kappa shape index (κ3) is 5.00. The molecule has 1 aliphatic heterocycles. The van der Waals surface area contributed by atoms with Crippen LogP contribution in [0.2, 0.25) is 0 Å². The molecular formula is C22H27N7O2. The number of rotatable bonds is 6. The van der Waals surface area contributed by atoms with Crippen molar-refractivity contribution in [2.24, 2.45) is 0 Å². The maximum absolute atomic E-state index is 12.5. The molecule has 31 heavy (non-hydrogen) atoms. The summed E-state index contributed by atoms with van der Waals surface area (Å²) in [5.41, 5.74) is 3.79. The van der Waals surface area contributed by atoms with Crippen molar-refractivity contribution in [2.45, 2.75) is 13.8 Å². The lowest BCUT2D eigenvalue weighted by Crippen LogP contribution is -2.36. The van der Waals surface area contributed by atoms with E-state index < -0.39 is 0 Å². The van der Waals surface area contributed by atoms with E-state index in [9.17, 15) is 4.79 Å². The van der Waals surface area contributed by atoms with Crippen molar-refractivity contribution < 1.29 is 9.53 Å². The quantitative estimate of drug-likeness (QED) is 0.653. The van der Waals surface area contributed by atoms with Gasteiger partial charge >= 0.3 is 0 Å². The molecule has 2 aromatic heterocycles. The number of hydrogen-bond acceptors (Lipinski definition) is 7. The lowest BCUT2D eigenvalue weighted by atomic mass is 10.2. The molecule has 0 spiro atoms. The Hall–Kier alpha value is -3.46. The highest BCUT2D eigenvalue weighted by Crippen LogP contribution is 2.19. The number of amides is 1. The number of likely N-dealkylation sites (N-methyl/N-ethyl adjacent to an activating group) is 1. The molecule has 0 radical (unpaired) electrons. The largest absolute Gasteiger partial charge is 0.378 e. The van der Waals surface area contributed by atoms with Crippen LogP contribution in [0.15, 0.2) is 42.7 Å². The maximum Gasteiger partial charge on any atom is 0.243 e. The summed E-state index contributed by atoms with van der Waals surface area (Å²) in [4.78, 5) is 25.5. The van der Waals surface area contributed by atoms with Gasteiger partial charge in [-0.15, -0.1) is 0 Å². The molecule has 162 valence electrons. The lowest BCUT2D eigenvalue weighted by Gasteiger charge is -2.28. The minimum absolute atomic E-state index is 0.125. The molecule has 1 N–H and O–H groups in total. The number of morpholine rings is 1. The van der Waals surface area contributed by atoms with Crippen molar-refractivity contribution in [3.05, 3.63) is 54.1 Å². The summed E-state index contributed by atoms with van der Waals surface area (Å²) >= 11 is 0. The first-order chi connectivity index (χ1) is 15.0. The third-order valence-corrected chi connectivity index (χ3v) is 5.13. The molecule has 3 aromatic rings. The average Bonchev–Trinajstić information content (AvgIpc) is 3.13. The van der Waals surface area contributed by atoms with Gasteiger partial charge in [0, 0.05) is 37.2 Å². The van der Waals surface area contributed by atoms with Crippen LogP contribution in [0, 0.1) is 13.8 Å². The number of anilines is 3. The number of carbonyl (C=O) groups is 1. The van der Waals surface area contributed by atoms with Gasteiger partial charge in [0.05, 0.1) is 37.8 Å². The van der Waals surface area contributed by atoms with Crippen molar-refractivity contribution in [3.63, 3.8) is 0 Å². The molecule has 4 rings (SSSR count). The Kier molecular flexibility index (Phi) is 6.13. The van der Waals surface area contributed by atoms with Gasteiger partial charge in [-0.05, 0) is 44.2 Å². The molecular weight excluding hydrogens is 394 g/mol. The highest BCUT2D eigenvalue weighted by atomic mass is 16.5. The van der Waals surface area contributed by atoms with Gasteiger partial charge in [0.25, 0.3) is 0 Å². The zero-order valence-corrected chi connectivity index (χ0v) is 18.1. The van der Waals surface area contributed by atoms with Crippen molar-refractivity contribution in [2.75, 3.05) is 55.0 Å². The van der Waals surface area contributed by atoms with Crippen LogP contribution < -0.4 is 15.1 Å². The van der Waals surface area contributed by atoms with Crippen LogP contribution in [0.5, 0.6) is 0 Å². The fraction of sp³-hybridized carbons (Fsp3) is 0.364. The predicted octanol–water partition coefficient (Wildman–Crippen LogP) is 2.19. The predicted molar refractivity (Wildman–Crippen MR) is 120 cm³/mol. The maximum atomic E-state index is 12.5. The fourth-order valence-electron chi connectivity index (χ4n) is 3.57. The SMILES string of the molecule is Cc1cc(C)n(-c2cncc(N(C)CC(=O)Nc3ccc(N4CCOCC4)cc3)n2)n1. The molecule has 1 amide bonds. The lowest BCUT2D eigenvalue weighted by molar-refractivity contribution is -0.114. The molecule has 9 nitrogen and oxygen atoms in total. The van der Waals surface area contributed by atoms with E-state index in [2.05, 4.69) is 25.3 Å². The summed E-state index contributed by atoms with van der Waals surface area (Å²) in [5.74, 6) is 1.09. The Labute approximate surface area is 181 Å². The van der Waals surface area contributed by atoms with Crippen LogP contribution in [0.3, 0.4) is 0 Å². The number of carbonyl (C=O) groups excluding carboxylic acids is 1. The molecule has 0 atom stereocenters. The summed E-state index contributed by atoms with van der Waals surface area (Å²) < 4.78 is 7.14. The normalized spacial score (nSPS) is 13.8. The Balaban J connectivity index is 1.37. The van der Waals surface area contributed by atoms with E-state index in [-0.39, 0.29) is 12.5 Å². The van der Waals surface area contributed by atoms with E-state index in [1.165, 1.54) is 0 Å². The van der Waals surface area contributed by atoms with E-state index in [0.29, 0.717) is 11.6 Å². The second-order valence-corrected chi connectivity index (χ2v) is 7.62. The fourth-order valence-corrected chi connectivity index (χ4v) is 3.57. The van der Waals surface area contributed by atoms with Crippen LogP contribution >= 0.6 is 0 Å². The number of nitrogens with zero attached hydrogens (tertiary/aromatic N) is 6. The first-order valence-electron chi connectivity index (χ1n) is 10.3. The molecule has 1 aromatic carbocycles. The number of aromatic nitrogens is 4. The Morgan fingerprint density at radius 2 is 1.90 bits per heavy atom. The van der Waals surface area contributed by atoms with Gasteiger partial charge in [0.15, 0.2) is 5.82 Å². The molecule has 1 fully saturated rings. The summed E-state index contributed by atoms with van der Waals surface area (Å²) in [6.45, 7) is 7.31. The second-order valence-electron chi connectivity index (χ2n) is 7.62. The van der Waals surface area contributed by atoms with Crippen molar-refractivity contribution in [1.29, 1.82) is 0 Å². The van der Waals surface area contributed by atoms with E-state index in [4.69, 9.17) is 4.74 Å². The first-order valence-corrected chi connectivity index (χ1v) is 10.3. The van der Waals surface area contributed by atoms with Gasteiger partial charge in [-0.3, -0.25) is 9.78 Å². The van der Waals surface area contributed by atoms with Crippen LogP contribution in [0.25, 0.3) is 5.82 Å². The third-order valence-electron chi connectivity index (χ3n) is 5.13. The van der Waals surface area contributed by atoms with Gasteiger partial charge < -0.3 is 19.9 Å². The minimum atomic E-state index is -0.125. The van der Waals surface area contributed by atoms with Gasteiger partial charge in [0.2, 0.25) is 5.91 Å². The summed E-state index contributed by atoms with van der Waals surface area (Å²) in [7, 11) is 1.82.